The van der Waals surface area contributed by atoms with Crippen LogP contribution in [0.4, 0.5) is 0 Å². The Bertz CT molecular complexity index is 183. The molecular formula is C8H11NO2. The number of hydrogen-bond acceptors (Lipinski definition) is 3. The SMILES string of the molecule is N#CC[C@@H]1CCCCOC1=O. The quantitative estimate of drug-likeness (QED) is 0.532. The molecule has 0 radical (unpaired) electrons. The summed E-state index contributed by atoms with van der Waals surface area (Å²) in [6.07, 6.45) is 3.05. The molecule has 1 aliphatic rings. The maximum atomic E-state index is 11.0. The normalized spacial score (nSPS) is 25.0. The molecule has 1 aliphatic heterocycles. The summed E-state index contributed by atoms with van der Waals surface area (Å²) in [4.78, 5) is 11.0. The van der Waals surface area contributed by atoms with Crippen LogP contribution >= 0.6 is 0 Å². The van der Waals surface area contributed by atoms with Gasteiger partial charge < -0.3 is 4.74 Å². The average Bonchev–Trinajstić information content (AvgIpc) is 2.18. The second-order valence-corrected chi connectivity index (χ2v) is 2.72. The van der Waals surface area contributed by atoms with Crippen molar-refractivity contribution in [1.29, 1.82) is 5.26 Å². The Morgan fingerprint density at radius 3 is 3.18 bits per heavy atom. The number of rotatable bonds is 1. The number of nitrogens with zero attached hydrogens (tertiary/aromatic N) is 1. The Morgan fingerprint density at radius 1 is 1.64 bits per heavy atom. The summed E-state index contributed by atoms with van der Waals surface area (Å²) < 4.78 is 4.88. The Balaban J connectivity index is 2.47. The van der Waals surface area contributed by atoms with Crippen molar-refractivity contribution in [3.05, 3.63) is 0 Å². The second kappa shape index (κ2) is 3.97. The van der Waals surface area contributed by atoms with Crippen molar-refractivity contribution in [2.75, 3.05) is 6.61 Å². The first kappa shape index (κ1) is 8.06. The third kappa shape index (κ3) is 2.23. The minimum absolute atomic E-state index is 0.164. The van der Waals surface area contributed by atoms with Crippen LogP contribution in [0.1, 0.15) is 25.7 Å². The molecular weight excluding hydrogens is 142 g/mol. The van der Waals surface area contributed by atoms with Crippen LogP contribution in [0, 0.1) is 17.2 Å². The van der Waals surface area contributed by atoms with E-state index in [0.29, 0.717) is 13.0 Å². The zero-order valence-corrected chi connectivity index (χ0v) is 6.38. The molecule has 0 aromatic rings. The van der Waals surface area contributed by atoms with E-state index < -0.39 is 0 Å². The zero-order valence-electron chi connectivity index (χ0n) is 6.38. The molecule has 0 aromatic heterocycles. The Kier molecular flexibility index (Phi) is 2.91. The van der Waals surface area contributed by atoms with Crippen molar-refractivity contribution < 1.29 is 9.53 Å². The van der Waals surface area contributed by atoms with Gasteiger partial charge in [0.2, 0.25) is 0 Å². The lowest BCUT2D eigenvalue weighted by Gasteiger charge is -2.05. The molecule has 0 N–H and O–H groups in total. The van der Waals surface area contributed by atoms with Crippen LogP contribution in [-0.2, 0) is 9.53 Å². The molecule has 0 unspecified atom stereocenters. The van der Waals surface area contributed by atoms with E-state index in [4.69, 9.17) is 10.00 Å². The molecule has 0 aromatic carbocycles. The van der Waals surface area contributed by atoms with Crippen LogP contribution in [0.15, 0.2) is 0 Å². The van der Waals surface area contributed by atoms with Gasteiger partial charge in [-0.05, 0) is 19.3 Å². The lowest BCUT2D eigenvalue weighted by Crippen LogP contribution is -2.14. The highest BCUT2D eigenvalue weighted by molar-refractivity contribution is 5.72. The second-order valence-electron chi connectivity index (χ2n) is 2.72. The molecule has 60 valence electrons. The Morgan fingerprint density at radius 2 is 2.45 bits per heavy atom. The van der Waals surface area contributed by atoms with Crippen LogP contribution in [0.3, 0.4) is 0 Å². The van der Waals surface area contributed by atoms with Crippen molar-refractivity contribution in [3.8, 4) is 6.07 Å². The third-order valence-corrected chi connectivity index (χ3v) is 1.86. The number of carbonyl (C=O) groups is 1. The molecule has 1 heterocycles. The van der Waals surface area contributed by atoms with Gasteiger partial charge in [-0.15, -0.1) is 0 Å². The summed E-state index contributed by atoms with van der Waals surface area (Å²) in [6, 6.07) is 1.99. The largest absolute Gasteiger partial charge is 0.465 e. The fraction of sp³-hybridized carbons (Fsp3) is 0.750. The van der Waals surface area contributed by atoms with Crippen molar-refractivity contribution in [3.63, 3.8) is 0 Å². The van der Waals surface area contributed by atoms with Crippen LogP contribution in [-0.4, -0.2) is 12.6 Å². The minimum Gasteiger partial charge on any atom is -0.465 e. The van der Waals surface area contributed by atoms with Gasteiger partial charge in [0.15, 0.2) is 0 Å². The highest BCUT2D eigenvalue weighted by Gasteiger charge is 2.21. The maximum absolute atomic E-state index is 11.0. The highest BCUT2D eigenvalue weighted by Crippen LogP contribution is 2.17. The first-order valence-electron chi connectivity index (χ1n) is 3.88. The van der Waals surface area contributed by atoms with E-state index in [-0.39, 0.29) is 11.9 Å². The first-order valence-corrected chi connectivity index (χ1v) is 3.88. The van der Waals surface area contributed by atoms with Gasteiger partial charge in [0, 0.05) is 6.42 Å². The standard InChI is InChI=1S/C8H11NO2/c9-5-4-7-3-1-2-6-11-8(7)10/h7H,1-4,6H2/t7-/m0/s1. The molecule has 0 bridgehead atoms. The molecule has 0 saturated carbocycles. The number of cyclic esters (lactones) is 1. The van der Waals surface area contributed by atoms with Gasteiger partial charge in [0.1, 0.15) is 0 Å². The van der Waals surface area contributed by atoms with E-state index in [9.17, 15) is 4.79 Å². The summed E-state index contributed by atoms with van der Waals surface area (Å²) in [7, 11) is 0. The van der Waals surface area contributed by atoms with Crippen LogP contribution < -0.4 is 0 Å². The molecule has 3 heteroatoms. The van der Waals surface area contributed by atoms with Crippen molar-refractivity contribution >= 4 is 5.97 Å². The number of carbonyl (C=O) groups excluding carboxylic acids is 1. The fourth-order valence-electron chi connectivity index (χ4n) is 1.20. The smallest absolute Gasteiger partial charge is 0.309 e. The van der Waals surface area contributed by atoms with E-state index in [0.717, 1.165) is 19.3 Å². The average molecular weight is 153 g/mol. The first-order chi connectivity index (χ1) is 5.34. The van der Waals surface area contributed by atoms with Crippen LogP contribution in [0.5, 0.6) is 0 Å². The molecule has 1 atom stereocenters. The Labute approximate surface area is 66.0 Å². The lowest BCUT2D eigenvalue weighted by molar-refractivity contribution is -0.147. The summed E-state index contributed by atoms with van der Waals surface area (Å²) in [5, 5.41) is 8.37. The van der Waals surface area contributed by atoms with Crippen LogP contribution in [0.25, 0.3) is 0 Å². The van der Waals surface area contributed by atoms with E-state index in [1.54, 1.807) is 0 Å². The summed E-state index contributed by atoms with van der Waals surface area (Å²) in [6.45, 7) is 0.529. The minimum atomic E-state index is -0.191. The highest BCUT2D eigenvalue weighted by atomic mass is 16.5. The summed E-state index contributed by atoms with van der Waals surface area (Å²) >= 11 is 0. The monoisotopic (exact) mass is 153 g/mol. The number of nitriles is 1. The van der Waals surface area contributed by atoms with Gasteiger partial charge in [-0.25, -0.2) is 0 Å². The molecule has 3 nitrogen and oxygen atoms in total. The van der Waals surface area contributed by atoms with E-state index >= 15 is 0 Å². The lowest BCUT2D eigenvalue weighted by atomic mass is 10.0. The van der Waals surface area contributed by atoms with Gasteiger partial charge in [-0.2, -0.15) is 5.26 Å². The molecule has 1 fully saturated rings. The van der Waals surface area contributed by atoms with E-state index in [2.05, 4.69) is 0 Å². The van der Waals surface area contributed by atoms with Crippen molar-refractivity contribution in [2.45, 2.75) is 25.7 Å². The molecule has 1 saturated heterocycles. The summed E-state index contributed by atoms with van der Waals surface area (Å²) in [5.41, 5.74) is 0. The fourth-order valence-corrected chi connectivity index (χ4v) is 1.20. The van der Waals surface area contributed by atoms with Crippen molar-refractivity contribution in [1.82, 2.24) is 0 Å². The predicted octanol–water partition coefficient (Wildman–Crippen LogP) is 1.24. The molecule has 0 amide bonds. The summed E-state index contributed by atoms with van der Waals surface area (Å²) in [5.74, 6) is -0.355. The molecule has 1 rings (SSSR count). The third-order valence-electron chi connectivity index (χ3n) is 1.86. The number of hydrogen-bond donors (Lipinski definition) is 0. The number of esters is 1. The Hall–Kier alpha value is -1.04. The zero-order chi connectivity index (χ0) is 8.10. The van der Waals surface area contributed by atoms with Gasteiger partial charge in [-0.3, -0.25) is 4.79 Å². The molecule has 11 heavy (non-hydrogen) atoms. The van der Waals surface area contributed by atoms with Gasteiger partial charge in [0.05, 0.1) is 18.6 Å². The topological polar surface area (TPSA) is 50.1 Å². The van der Waals surface area contributed by atoms with E-state index in [1.165, 1.54) is 0 Å². The van der Waals surface area contributed by atoms with Crippen LogP contribution in [0.2, 0.25) is 0 Å². The van der Waals surface area contributed by atoms with E-state index in [1.807, 2.05) is 6.07 Å². The predicted molar refractivity (Wildman–Crippen MR) is 38.5 cm³/mol. The molecule has 0 spiro atoms. The maximum Gasteiger partial charge on any atom is 0.309 e. The van der Waals surface area contributed by atoms with Gasteiger partial charge >= 0.3 is 5.97 Å². The van der Waals surface area contributed by atoms with Gasteiger partial charge in [-0.1, -0.05) is 0 Å². The van der Waals surface area contributed by atoms with Gasteiger partial charge in [0.25, 0.3) is 0 Å². The van der Waals surface area contributed by atoms with Crippen molar-refractivity contribution in [2.24, 2.45) is 5.92 Å². The molecule has 0 aliphatic carbocycles. The number of ether oxygens (including phenoxy) is 1.